The highest BCUT2D eigenvalue weighted by atomic mass is 35.5. The Labute approximate surface area is 108 Å². The molecule has 0 aliphatic rings. The first-order valence-corrected chi connectivity index (χ1v) is 5.62. The Morgan fingerprint density at radius 2 is 1.59 bits per heavy atom. The lowest BCUT2D eigenvalue weighted by Gasteiger charge is -2.04. The third-order valence-corrected chi connectivity index (χ3v) is 2.71. The molecule has 0 saturated carbocycles. The molecule has 0 heterocycles. The van der Waals surface area contributed by atoms with Crippen molar-refractivity contribution in [3.63, 3.8) is 0 Å². The first-order valence-electron chi connectivity index (χ1n) is 4.87. The van der Waals surface area contributed by atoms with E-state index in [1.54, 1.807) is 24.3 Å². The molecule has 0 aliphatic carbocycles. The number of aromatic hydroxyl groups is 1. The number of phenolic OH excluding ortho intramolecular Hbond substituents is 1. The summed E-state index contributed by atoms with van der Waals surface area (Å²) in [7, 11) is 0. The van der Waals surface area contributed by atoms with Crippen molar-refractivity contribution in [1.82, 2.24) is 0 Å². The molecule has 0 bridgehead atoms. The predicted octanol–water partition coefficient (Wildman–Crippen LogP) is 3.93. The maximum absolute atomic E-state index is 12.1. The molecule has 0 atom stereocenters. The number of benzene rings is 2. The van der Waals surface area contributed by atoms with Crippen molar-refractivity contribution >= 4 is 29.0 Å². The molecule has 4 heteroatoms. The Morgan fingerprint density at radius 1 is 1.00 bits per heavy atom. The van der Waals surface area contributed by atoms with Crippen molar-refractivity contribution in [1.29, 1.82) is 0 Å². The van der Waals surface area contributed by atoms with Gasteiger partial charge in [-0.1, -0.05) is 35.3 Å². The van der Waals surface area contributed by atoms with Crippen LogP contribution in [0.3, 0.4) is 0 Å². The summed E-state index contributed by atoms with van der Waals surface area (Å²) < 4.78 is 0. The van der Waals surface area contributed by atoms with Gasteiger partial charge >= 0.3 is 0 Å². The number of halogens is 2. The van der Waals surface area contributed by atoms with Gasteiger partial charge in [0.2, 0.25) is 0 Å². The molecule has 0 fully saturated rings. The van der Waals surface area contributed by atoms with Gasteiger partial charge in [0.25, 0.3) is 0 Å². The number of ketones is 1. The van der Waals surface area contributed by atoms with E-state index in [1.165, 1.54) is 18.2 Å². The van der Waals surface area contributed by atoms with E-state index in [0.717, 1.165) is 0 Å². The molecule has 17 heavy (non-hydrogen) atoms. The molecule has 0 aliphatic heterocycles. The summed E-state index contributed by atoms with van der Waals surface area (Å²) in [5, 5.41) is 10.4. The molecule has 0 saturated heterocycles. The number of para-hydroxylation sites is 1. The predicted molar refractivity (Wildman–Crippen MR) is 68.0 cm³/mol. The van der Waals surface area contributed by atoms with Gasteiger partial charge in [-0.05, 0) is 30.3 Å². The highest BCUT2D eigenvalue weighted by Crippen LogP contribution is 2.24. The second kappa shape index (κ2) is 4.78. The van der Waals surface area contributed by atoms with E-state index in [4.69, 9.17) is 23.2 Å². The summed E-state index contributed by atoms with van der Waals surface area (Å²) in [6.45, 7) is 0. The van der Waals surface area contributed by atoms with Crippen LogP contribution in [0.4, 0.5) is 0 Å². The monoisotopic (exact) mass is 266 g/mol. The van der Waals surface area contributed by atoms with E-state index in [9.17, 15) is 9.90 Å². The summed E-state index contributed by atoms with van der Waals surface area (Å²) in [6, 6.07) is 10.9. The molecular formula is C13H8Cl2O2. The molecule has 0 spiro atoms. The molecule has 0 unspecified atom stereocenters. The average molecular weight is 267 g/mol. The van der Waals surface area contributed by atoms with Gasteiger partial charge in [0.05, 0.1) is 5.56 Å². The van der Waals surface area contributed by atoms with Gasteiger partial charge in [-0.3, -0.25) is 4.79 Å². The van der Waals surface area contributed by atoms with Crippen LogP contribution in [0.25, 0.3) is 0 Å². The van der Waals surface area contributed by atoms with Crippen molar-refractivity contribution in [3.8, 4) is 5.75 Å². The van der Waals surface area contributed by atoms with Crippen molar-refractivity contribution in [2.75, 3.05) is 0 Å². The van der Waals surface area contributed by atoms with Crippen LogP contribution in [0, 0.1) is 0 Å². The Balaban J connectivity index is 2.48. The zero-order chi connectivity index (χ0) is 12.4. The fraction of sp³-hybridized carbons (Fsp3) is 0. The summed E-state index contributed by atoms with van der Waals surface area (Å²) in [5.74, 6) is -0.374. The molecule has 0 radical (unpaired) electrons. The number of hydrogen-bond acceptors (Lipinski definition) is 2. The largest absolute Gasteiger partial charge is 0.507 e. The minimum Gasteiger partial charge on any atom is -0.507 e. The van der Waals surface area contributed by atoms with Gasteiger partial charge in [-0.15, -0.1) is 0 Å². The Kier molecular flexibility index (Phi) is 3.36. The minimum atomic E-state index is -0.312. The van der Waals surface area contributed by atoms with E-state index in [0.29, 0.717) is 15.6 Å². The molecule has 0 amide bonds. The Bertz CT molecular complexity index is 559. The summed E-state index contributed by atoms with van der Waals surface area (Å²) in [5.41, 5.74) is 0.579. The third kappa shape index (κ3) is 2.60. The summed E-state index contributed by atoms with van der Waals surface area (Å²) in [6.07, 6.45) is 0. The second-order valence-electron chi connectivity index (χ2n) is 3.50. The average Bonchev–Trinajstić information content (AvgIpc) is 2.27. The van der Waals surface area contributed by atoms with Crippen LogP contribution in [0.2, 0.25) is 10.0 Å². The molecule has 1 N–H and O–H groups in total. The molecule has 86 valence electrons. The van der Waals surface area contributed by atoms with Crippen molar-refractivity contribution in [3.05, 3.63) is 63.6 Å². The summed E-state index contributed by atoms with van der Waals surface area (Å²) in [4.78, 5) is 12.1. The molecule has 2 aromatic rings. The SMILES string of the molecule is O=C(c1cc(Cl)cc(Cl)c1)c1ccccc1O. The lowest BCUT2D eigenvalue weighted by atomic mass is 10.0. The maximum atomic E-state index is 12.1. The van der Waals surface area contributed by atoms with Gasteiger partial charge < -0.3 is 5.11 Å². The Morgan fingerprint density at radius 3 is 2.18 bits per heavy atom. The second-order valence-corrected chi connectivity index (χ2v) is 4.38. The fourth-order valence-corrected chi connectivity index (χ4v) is 2.03. The fourth-order valence-electron chi connectivity index (χ4n) is 1.51. The van der Waals surface area contributed by atoms with E-state index in [2.05, 4.69) is 0 Å². The molecule has 0 aromatic heterocycles. The number of carbonyl (C=O) groups excluding carboxylic acids is 1. The van der Waals surface area contributed by atoms with Crippen LogP contribution in [-0.2, 0) is 0 Å². The van der Waals surface area contributed by atoms with E-state index >= 15 is 0 Å². The number of rotatable bonds is 2. The van der Waals surface area contributed by atoms with Gasteiger partial charge in [-0.2, -0.15) is 0 Å². The van der Waals surface area contributed by atoms with E-state index in [1.807, 2.05) is 0 Å². The molecular weight excluding hydrogens is 259 g/mol. The van der Waals surface area contributed by atoms with Crippen LogP contribution in [0.5, 0.6) is 5.75 Å². The van der Waals surface area contributed by atoms with E-state index in [-0.39, 0.29) is 17.1 Å². The normalized spacial score (nSPS) is 10.2. The van der Waals surface area contributed by atoms with Gasteiger partial charge in [0.15, 0.2) is 5.78 Å². The molecule has 2 rings (SSSR count). The van der Waals surface area contributed by atoms with Crippen molar-refractivity contribution in [2.24, 2.45) is 0 Å². The topological polar surface area (TPSA) is 37.3 Å². The van der Waals surface area contributed by atoms with Crippen LogP contribution in [-0.4, -0.2) is 10.9 Å². The number of hydrogen-bond donors (Lipinski definition) is 1. The van der Waals surface area contributed by atoms with Gasteiger partial charge in [0.1, 0.15) is 5.75 Å². The third-order valence-electron chi connectivity index (χ3n) is 2.27. The standard InChI is InChI=1S/C13H8Cl2O2/c14-9-5-8(6-10(15)7-9)13(17)11-3-1-2-4-12(11)16/h1-7,16H. The smallest absolute Gasteiger partial charge is 0.196 e. The Hall–Kier alpha value is -1.51. The quantitative estimate of drug-likeness (QED) is 0.837. The zero-order valence-electron chi connectivity index (χ0n) is 8.65. The lowest BCUT2D eigenvalue weighted by Crippen LogP contribution is -2.01. The number of carbonyl (C=O) groups is 1. The first-order chi connectivity index (χ1) is 8.08. The molecule has 2 aromatic carbocycles. The highest BCUT2D eigenvalue weighted by Gasteiger charge is 2.13. The van der Waals surface area contributed by atoms with Crippen LogP contribution < -0.4 is 0 Å². The molecule has 2 nitrogen and oxygen atoms in total. The summed E-state index contributed by atoms with van der Waals surface area (Å²) >= 11 is 11.6. The minimum absolute atomic E-state index is 0.0615. The van der Waals surface area contributed by atoms with E-state index < -0.39 is 0 Å². The maximum Gasteiger partial charge on any atom is 0.196 e. The highest BCUT2D eigenvalue weighted by molar-refractivity contribution is 6.35. The van der Waals surface area contributed by atoms with Crippen LogP contribution in [0.1, 0.15) is 15.9 Å². The van der Waals surface area contributed by atoms with Gasteiger partial charge in [0, 0.05) is 15.6 Å². The first kappa shape index (κ1) is 12.0. The van der Waals surface area contributed by atoms with Crippen molar-refractivity contribution in [2.45, 2.75) is 0 Å². The zero-order valence-corrected chi connectivity index (χ0v) is 10.2. The van der Waals surface area contributed by atoms with Crippen LogP contribution in [0.15, 0.2) is 42.5 Å². The van der Waals surface area contributed by atoms with Crippen LogP contribution >= 0.6 is 23.2 Å². The van der Waals surface area contributed by atoms with Crippen molar-refractivity contribution < 1.29 is 9.90 Å². The van der Waals surface area contributed by atoms with Gasteiger partial charge in [-0.25, -0.2) is 0 Å². The lowest BCUT2D eigenvalue weighted by molar-refractivity contribution is 0.103. The number of phenols is 1.